The molecule has 2 aromatic rings. The molecule has 0 spiro atoms. The lowest BCUT2D eigenvalue weighted by Crippen LogP contribution is -2.11. The van der Waals surface area contributed by atoms with Crippen LogP contribution < -0.4 is 10.5 Å². The maximum atomic E-state index is 13.1. The summed E-state index contributed by atoms with van der Waals surface area (Å²) in [4.78, 5) is 6.61. The molecule has 2 rings (SSSR count). The van der Waals surface area contributed by atoms with Crippen LogP contribution in [0.2, 0.25) is 0 Å². The van der Waals surface area contributed by atoms with Crippen molar-refractivity contribution in [1.82, 2.24) is 9.97 Å². The Balaban J connectivity index is 2.39. The fraction of sp³-hybridized carbons (Fsp3) is 0.167. The zero-order valence-corrected chi connectivity index (χ0v) is 10.2. The van der Waals surface area contributed by atoms with Gasteiger partial charge in [0.2, 0.25) is 11.8 Å². The zero-order valence-electron chi connectivity index (χ0n) is 10.2. The smallest absolute Gasteiger partial charge is 0.433 e. The van der Waals surface area contributed by atoms with Crippen molar-refractivity contribution in [2.24, 2.45) is 0 Å². The molecule has 0 bridgehead atoms. The van der Waals surface area contributed by atoms with Gasteiger partial charge in [-0.25, -0.2) is 9.37 Å². The third kappa shape index (κ3) is 3.14. The van der Waals surface area contributed by atoms with Gasteiger partial charge in [0.15, 0.2) is 5.69 Å². The van der Waals surface area contributed by atoms with Gasteiger partial charge in [-0.15, -0.1) is 0 Å². The summed E-state index contributed by atoms with van der Waals surface area (Å²) in [7, 11) is 0. The molecule has 0 fully saturated rings. The molecule has 0 aliphatic heterocycles. The monoisotopic (exact) mass is 287 g/mol. The van der Waals surface area contributed by atoms with E-state index in [4.69, 9.17) is 10.5 Å². The van der Waals surface area contributed by atoms with Crippen molar-refractivity contribution in [3.63, 3.8) is 0 Å². The molecule has 20 heavy (non-hydrogen) atoms. The highest BCUT2D eigenvalue weighted by Gasteiger charge is 2.33. The molecule has 0 radical (unpaired) electrons. The van der Waals surface area contributed by atoms with Crippen LogP contribution >= 0.6 is 0 Å². The number of anilines is 1. The van der Waals surface area contributed by atoms with Crippen LogP contribution in [0.1, 0.15) is 11.3 Å². The first kappa shape index (κ1) is 14.0. The molecular formula is C12H9F4N3O. The van der Waals surface area contributed by atoms with Gasteiger partial charge in [-0.3, -0.25) is 0 Å². The van der Waals surface area contributed by atoms with E-state index in [1.54, 1.807) is 6.92 Å². The van der Waals surface area contributed by atoms with Crippen LogP contribution in [0.3, 0.4) is 0 Å². The number of hydrogen-bond acceptors (Lipinski definition) is 4. The van der Waals surface area contributed by atoms with Crippen LogP contribution in [0.25, 0.3) is 0 Å². The number of nitrogen functional groups attached to an aromatic ring is 1. The molecule has 0 aliphatic rings. The summed E-state index contributed by atoms with van der Waals surface area (Å²) in [6.07, 6.45) is -4.67. The molecule has 1 heterocycles. The normalized spacial score (nSPS) is 11.4. The zero-order chi connectivity index (χ0) is 14.9. The maximum absolute atomic E-state index is 13.1. The highest BCUT2D eigenvalue weighted by atomic mass is 19.4. The molecular weight excluding hydrogens is 278 g/mol. The lowest BCUT2D eigenvalue weighted by Gasteiger charge is -2.11. The second kappa shape index (κ2) is 4.95. The first-order valence-electron chi connectivity index (χ1n) is 5.41. The summed E-state index contributed by atoms with van der Waals surface area (Å²) in [5.41, 5.74) is 4.51. The van der Waals surface area contributed by atoms with Gasteiger partial charge in [-0.1, -0.05) is 6.07 Å². The number of nitrogens with two attached hydrogens (primary N) is 1. The van der Waals surface area contributed by atoms with E-state index in [0.717, 1.165) is 6.07 Å². The number of hydrogen-bond donors (Lipinski definition) is 1. The van der Waals surface area contributed by atoms with E-state index in [1.165, 1.54) is 12.1 Å². The number of aromatic nitrogens is 2. The van der Waals surface area contributed by atoms with Gasteiger partial charge >= 0.3 is 6.18 Å². The minimum atomic E-state index is -4.67. The molecule has 1 aromatic heterocycles. The number of ether oxygens (including phenoxy) is 1. The summed E-state index contributed by atoms with van der Waals surface area (Å²) in [6, 6.07) is 4.28. The lowest BCUT2D eigenvalue weighted by molar-refractivity contribution is -0.141. The molecule has 4 nitrogen and oxygen atoms in total. The van der Waals surface area contributed by atoms with Crippen molar-refractivity contribution < 1.29 is 22.3 Å². The number of nitrogens with zero attached hydrogens (tertiary/aromatic N) is 2. The Labute approximate surface area is 111 Å². The van der Waals surface area contributed by atoms with Gasteiger partial charge in [-0.2, -0.15) is 18.2 Å². The molecule has 0 saturated heterocycles. The molecule has 0 saturated carbocycles. The third-order valence-corrected chi connectivity index (χ3v) is 2.38. The van der Waals surface area contributed by atoms with Crippen molar-refractivity contribution in [2.45, 2.75) is 13.1 Å². The van der Waals surface area contributed by atoms with Gasteiger partial charge in [0.25, 0.3) is 0 Å². The second-order valence-corrected chi connectivity index (χ2v) is 3.96. The Kier molecular flexibility index (Phi) is 3.47. The number of aryl methyl sites for hydroxylation is 1. The van der Waals surface area contributed by atoms with Crippen molar-refractivity contribution in [2.75, 3.05) is 5.73 Å². The van der Waals surface area contributed by atoms with Crippen molar-refractivity contribution >= 4 is 5.95 Å². The quantitative estimate of drug-likeness (QED) is 0.861. The van der Waals surface area contributed by atoms with Crippen LogP contribution in [0.5, 0.6) is 11.6 Å². The fourth-order valence-electron chi connectivity index (χ4n) is 1.44. The molecule has 0 amide bonds. The van der Waals surface area contributed by atoms with Gasteiger partial charge in [-0.05, 0) is 18.6 Å². The number of alkyl halides is 3. The van der Waals surface area contributed by atoms with Crippen LogP contribution in [-0.4, -0.2) is 9.97 Å². The summed E-state index contributed by atoms with van der Waals surface area (Å²) in [5.74, 6) is -1.51. The molecule has 2 N–H and O–H groups in total. The first-order valence-corrected chi connectivity index (χ1v) is 5.41. The number of halogens is 4. The standard InChI is InChI=1S/C12H9F4N3O/c1-6-2-3-7(13)4-8(6)20-10-5-9(12(14,15)16)18-11(17)19-10/h2-5H,1H3,(H2,17,18,19). The van der Waals surface area contributed by atoms with Gasteiger partial charge in [0.05, 0.1) is 0 Å². The van der Waals surface area contributed by atoms with Gasteiger partial charge < -0.3 is 10.5 Å². The van der Waals surface area contributed by atoms with Crippen molar-refractivity contribution in [3.05, 3.63) is 41.3 Å². The topological polar surface area (TPSA) is 61.0 Å². The van der Waals surface area contributed by atoms with Crippen molar-refractivity contribution in [3.8, 4) is 11.6 Å². The largest absolute Gasteiger partial charge is 0.438 e. The average molecular weight is 287 g/mol. The highest BCUT2D eigenvalue weighted by Crippen LogP contribution is 2.32. The van der Waals surface area contributed by atoms with Gasteiger partial charge in [0.1, 0.15) is 11.6 Å². The molecule has 0 atom stereocenters. The predicted molar refractivity (Wildman–Crippen MR) is 62.7 cm³/mol. The van der Waals surface area contributed by atoms with E-state index < -0.39 is 29.5 Å². The van der Waals surface area contributed by atoms with E-state index in [-0.39, 0.29) is 5.75 Å². The van der Waals surface area contributed by atoms with E-state index in [9.17, 15) is 17.6 Å². The Hall–Kier alpha value is -2.38. The maximum Gasteiger partial charge on any atom is 0.433 e. The van der Waals surface area contributed by atoms with E-state index in [2.05, 4.69) is 9.97 Å². The van der Waals surface area contributed by atoms with E-state index in [1.807, 2.05) is 0 Å². The SMILES string of the molecule is Cc1ccc(F)cc1Oc1cc(C(F)(F)F)nc(N)n1. The van der Waals surface area contributed by atoms with Crippen LogP contribution in [0, 0.1) is 12.7 Å². The van der Waals surface area contributed by atoms with E-state index >= 15 is 0 Å². The average Bonchev–Trinajstić information content (AvgIpc) is 2.32. The Morgan fingerprint density at radius 3 is 2.50 bits per heavy atom. The summed E-state index contributed by atoms with van der Waals surface area (Å²) in [6.45, 7) is 1.62. The summed E-state index contributed by atoms with van der Waals surface area (Å²) < 4.78 is 55.9. The number of rotatable bonds is 2. The molecule has 1 aromatic carbocycles. The van der Waals surface area contributed by atoms with E-state index in [0.29, 0.717) is 11.6 Å². The Morgan fingerprint density at radius 1 is 1.15 bits per heavy atom. The highest BCUT2D eigenvalue weighted by molar-refractivity contribution is 5.37. The summed E-state index contributed by atoms with van der Waals surface area (Å²) >= 11 is 0. The van der Waals surface area contributed by atoms with Crippen LogP contribution in [0.15, 0.2) is 24.3 Å². The second-order valence-electron chi connectivity index (χ2n) is 3.96. The van der Waals surface area contributed by atoms with Crippen molar-refractivity contribution in [1.29, 1.82) is 0 Å². The number of benzene rings is 1. The van der Waals surface area contributed by atoms with Crippen LogP contribution in [-0.2, 0) is 6.18 Å². The molecule has 8 heteroatoms. The summed E-state index contributed by atoms with van der Waals surface area (Å²) in [5, 5.41) is 0. The minimum Gasteiger partial charge on any atom is -0.438 e. The Morgan fingerprint density at radius 2 is 1.85 bits per heavy atom. The third-order valence-electron chi connectivity index (χ3n) is 2.38. The Bertz CT molecular complexity index is 643. The predicted octanol–water partition coefficient (Wildman–Crippen LogP) is 3.32. The van der Waals surface area contributed by atoms with Gasteiger partial charge in [0, 0.05) is 12.1 Å². The minimum absolute atomic E-state index is 0.0521. The van der Waals surface area contributed by atoms with Crippen LogP contribution in [0.4, 0.5) is 23.5 Å². The fourth-order valence-corrected chi connectivity index (χ4v) is 1.44. The first-order chi connectivity index (χ1) is 9.25. The lowest BCUT2D eigenvalue weighted by atomic mass is 10.2. The molecule has 106 valence electrons. The molecule has 0 aliphatic carbocycles. The molecule has 0 unspecified atom stereocenters.